The Morgan fingerprint density at radius 1 is 1.09 bits per heavy atom. The van der Waals surface area contributed by atoms with E-state index in [9.17, 15) is 14.9 Å². The second kappa shape index (κ2) is 8.66. The minimum Gasteiger partial charge on any atom is -0.328 e. The molecule has 1 aromatic heterocycles. The van der Waals surface area contributed by atoms with Crippen molar-refractivity contribution in [3.05, 3.63) is 99.2 Å². The van der Waals surface area contributed by atoms with Crippen molar-refractivity contribution in [3.8, 4) is 0 Å². The van der Waals surface area contributed by atoms with Crippen LogP contribution in [0, 0.1) is 10.1 Å². The molecule has 2 aliphatic rings. The number of thioether (sulfide) groups is 1. The van der Waals surface area contributed by atoms with Crippen LogP contribution in [0.4, 0.5) is 11.6 Å². The fourth-order valence-corrected chi connectivity index (χ4v) is 5.65. The van der Waals surface area contributed by atoms with Gasteiger partial charge in [-0.05, 0) is 34.7 Å². The molecule has 1 N–H and O–H groups in total. The molecule has 9 heteroatoms. The number of rotatable bonds is 5. The Morgan fingerprint density at radius 2 is 1.91 bits per heavy atom. The first-order valence-corrected chi connectivity index (χ1v) is 12.4. The normalized spacial score (nSPS) is 17.1. The molecule has 0 saturated heterocycles. The summed E-state index contributed by atoms with van der Waals surface area (Å²) in [6, 6.07) is 20.5. The van der Waals surface area contributed by atoms with E-state index in [1.54, 1.807) is 12.1 Å². The number of fused-ring (bicyclic) bond motifs is 2. The molecule has 3 aromatic carbocycles. The van der Waals surface area contributed by atoms with E-state index in [0.29, 0.717) is 23.3 Å². The summed E-state index contributed by atoms with van der Waals surface area (Å²) in [5, 5.41) is 22.0. The molecule has 8 nitrogen and oxygen atoms in total. The Morgan fingerprint density at radius 3 is 2.80 bits per heavy atom. The van der Waals surface area contributed by atoms with Crippen molar-refractivity contribution in [2.45, 2.75) is 36.2 Å². The highest BCUT2D eigenvalue weighted by molar-refractivity contribution is 7.98. The predicted octanol–water partition coefficient (Wildman–Crippen LogP) is 5.65. The van der Waals surface area contributed by atoms with Crippen molar-refractivity contribution in [1.82, 2.24) is 14.8 Å². The van der Waals surface area contributed by atoms with Crippen LogP contribution in [-0.2, 0) is 10.5 Å². The number of ketones is 1. The highest BCUT2D eigenvalue weighted by Gasteiger charge is 2.37. The van der Waals surface area contributed by atoms with Gasteiger partial charge in [-0.3, -0.25) is 14.9 Å². The molecule has 1 atom stereocenters. The number of benzene rings is 3. The molecule has 0 fully saturated rings. The molecule has 1 unspecified atom stereocenters. The van der Waals surface area contributed by atoms with Crippen molar-refractivity contribution < 1.29 is 9.72 Å². The third-order valence-electron chi connectivity index (χ3n) is 6.46. The summed E-state index contributed by atoms with van der Waals surface area (Å²) in [4.78, 5) is 28.6. The van der Waals surface area contributed by atoms with Gasteiger partial charge in [0.15, 0.2) is 5.78 Å². The van der Waals surface area contributed by atoms with Gasteiger partial charge in [0, 0.05) is 35.6 Å². The lowest BCUT2D eigenvalue weighted by Crippen LogP contribution is -2.31. The maximum atomic E-state index is 13.1. The molecule has 1 aliphatic carbocycles. The summed E-state index contributed by atoms with van der Waals surface area (Å²) in [7, 11) is 0. The molecular formula is C26H21N5O3S. The molecule has 35 heavy (non-hydrogen) atoms. The summed E-state index contributed by atoms with van der Waals surface area (Å²) >= 11 is 1.41. The molecule has 0 saturated carbocycles. The second-order valence-electron chi connectivity index (χ2n) is 8.64. The average molecular weight is 484 g/mol. The second-order valence-corrected chi connectivity index (χ2v) is 9.59. The maximum Gasteiger partial charge on any atom is 0.269 e. The van der Waals surface area contributed by atoms with Crippen LogP contribution in [0.3, 0.4) is 0 Å². The zero-order chi connectivity index (χ0) is 23.9. The lowest BCUT2D eigenvalue weighted by molar-refractivity contribution is -0.384. The molecule has 0 spiro atoms. The van der Waals surface area contributed by atoms with E-state index in [2.05, 4.69) is 29.6 Å². The van der Waals surface area contributed by atoms with Crippen molar-refractivity contribution in [1.29, 1.82) is 0 Å². The largest absolute Gasteiger partial charge is 0.328 e. The van der Waals surface area contributed by atoms with Gasteiger partial charge in [0.05, 0.1) is 4.92 Å². The number of non-ortho nitro benzene ring substituents is 1. The Bertz CT molecular complexity index is 1520. The van der Waals surface area contributed by atoms with Crippen LogP contribution in [0.1, 0.15) is 36.4 Å². The third-order valence-corrected chi connectivity index (χ3v) is 7.36. The Kier molecular flexibility index (Phi) is 5.33. The average Bonchev–Trinajstić information content (AvgIpc) is 3.29. The smallest absolute Gasteiger partial charge is 0.269 e. The quantitative estimate of drug-likeness (QED) is 0.222. The molecule has 6 rings (SSSR count). The van der Waals surface area contributed by atoms with Gasteiger partial charge in [-0.25, -0.2) is 4.68 Å². The van der Waals surface area contributed by atoms with Crippen molar-refractivity contribution in [2.24, 2.45) is 0 Å². The van der Waals surface area contributed by atoms with Crippen LogP contribution >= 0.6 is 11.8 Å². The van der Waals surface area contributed by atoms with E-state index in [1.165, 1.54) is 17.8 Å². The number of aromatic nitrogens is 3. The summed E-state index contributed by atoms with van der Waals surface area (Å²) < 4.78 is 1.82. The number of nitro benzene ring substituents is 1. The van der Waals surface area contributed by atoms with Crippen LogP contribution in [0.5, 0.6) is 0 Å². The van der Waals surface area contributed by atoms with E-state index in [-0.39, 0.29) is 17.5 Å². The van der Waals surface area contributed by atoms with Gasteiger partial charge in [0.2, 0.25) is 11.1 Å². The van der Waals surface area contributed by atoms with Crippen LogP contribution < -0.4 is 5.32 Å². The van der Waals surface area contributed by atoms with Gasteiger partial charge in [-0.2, -0.15) is 4.98 Å². The number of carbonyl (C=O) groups is 1. The number of hydrogen-bond donors (Lipinski definition) is 1. The summed E-state index contributed by atoms with van der Waals surface area (Å²) in [5.74, 6) is 1.25. The number of Topliss-reactive ketones (excluding diaryl/α,β-unsaturated/α-hetero) is 1. The van der Waals surface area contributed by atoms with E-state index in [0.717, 1.165) is 46.0 Å². The molecule has 0 amide bonds. The van der Waals surface area contributed by atoms with Crippen LogP contribution in [-0.4, -0.2) is 25.5 Å². The molecule has 2 heterocycles. The Balaban J connectivity index is 1.40. The molecule has 0 radical (unpaired) electrons. The monoisotopic (exact) mass is 483 g/mol. The van der Waals surface area contributed by atoms with Crippen LogP contribution in [0.2, 0.25) is 0 Å². The lowest BCUT2D eigenvalue weighted by Gasteiger charge is -2.32. The first-order chi connectivity index (χ1) is 17.1. The maximum absolute atomic E-state index is 13.1. The topological polar surface area (TPSA) is 103 Å². The molecule has 174 valence electrons. The van der Waals surface area contributed by atoms with Crippen LogP contribution in [0.25, 0.3) is 10.8 Å². The fraction of sp³-hybridized carbons (Fsp3) is 0.192. The van der Waals surface area contributed by atoms with Gasteiger partial charge in [-0.15, -0.1) is 5.10 Å². The zero-order valence-corrected chi connectivity index (χ0v) is 19.5. The summed E-state index contributed by atoms with van der Waals surface area (Å²) in [6.45, 7) is 0. The standard InChI is InChI=1S/C26H21N5O3S/c32-22-13-5-12-21-23(22)24(20-11-4-8-17-7-1-2-10-19(17)20)30-25(27-21)28-26(29-30)35-15-16-6-3-9-18(14-16)31(33)34/h1-4,6-11,14,24H,5,12-13,15H2,(H,27,28,29). The predicted molar refractivity (Wildman–Crippen MR) is 134 cm³/mol. The molecule has 1 aliphatic heterocycles. The van der Waals surface area contributed by atoms with Crippen molar-refractivity contribution >= 4 is 40.0 Å². The summed E-state index contributed by atoms with van der Waals surface area (Å²) in [5.41, 5.74) is 3.60. The highest BCUT2D eigenvalue weighted by atomic mass is 32.2. The Labute approximate surface area is 205 Å². The Hall–Kier alpha value is -3.98. The van der Waals surface area contributed by atoms with Crippen molar-refractivity contribution in [2.75, 3.05) is 5.32 Å². The van der Waals surface area contributed by atoms with E-state index in [1.807, 2.05) is 28.9 Å². The van der Waals surface area contributed by atoms with E-state index < -0.39 is 4.92 Å². The number of nitrogens with zero attached hydrogens (tertiary/aromatic N) is 4. The first-order valence-electron chi connectivity index (χ1n) is 11.4. The number of carbonyl (C=O) groups excluding carboxylic acids is 1. The highest BCUT2D eigenvalue weighted by Crippen LogP contribution is 2.42. The molecule has 4 aromatic rings. The van der Waals surface area contributed by atoms with Gasteiger partial charge in [0.1, 0.15) is 6.04 Å². The van der Waals surface area contributed by atoms with E-state index >= 15 is 0 Å². The van der Waals surface area contributed by atoms with Gasteiger partial charge in [-0.1, -0.05) is 66.4 Å². The fourth-order valence-electron chi connectivity index (χ4n) is 4.88. The minimum atomic E-state index is -0.395. The number of anilines is 1. The molecular weight excluding hydrogens is 462 g/mol. The first kappa shape index (κ1) is 21.5. The zero-order valence-electron chi connectivity index (χ0n) is 18.7. The van der Waals surface area contributed by atoms with Gasteiger partial charge in [0.25, 0.3) is 5.69 Å². The van der Waals surface area contributed by atoms with Gasteiger partial charge < -0.3 is 5.32 Å². The van der Waals surface area contributed by atoms with Crippen molar-refractivity contribution in [3.63, 3.8) is 0 Å². The van der Waals surface area contributed by atoms with E-state index in [4.69, 9.17) is 10.1 Å². The SMILES string of the molecule is O=C1CCCC2=C1C(c1cccc3ccccc13)n1nc(SCc3cccc([N+](=O)[O-])c3)nc1N2. The third kappa shape index (κ3) is 3.87. The van der Waals surface area contributed by atoms with Gasteiger partial charge >= 0.3 is 0 Å². The number of hydrogen-bond acceptors (Lipinski definition) is 7. The number of nitro groups is 1. The lowest BCUT2D eigenvalue weighted by atomic mass is 9.84. The number of nitrogens with one attached hydrogen (secondary N) is 1. The minimum absolute atomic E-state index is 0.0632. The summed E-state index contributed by atoms with van der Waals surface area (Å²) in [6.07, 6.45) is 2.14. The van der Waals surface area contributed by atoms with Crippen LogP contribution in [0.15, 0.2) is 83.2 Å². The molecule has 0 bridgehead atoms. The number of allylic oxidation sites excluding steroid dienone is 2.